The molecule has 3 amide bonds. The van der Waals surface area contributed by atoms with Crippen molar-refractivity contribution >= 4 is 17.8 Å². The predicted molar refractivity (Wildman–Crippen MR) is 60.4 cm³/mol. The number of urea groups is 1. The summed E-state index contributed by atoms with van der Waals surface area (Å²) in [5.41, 5.74) is 0. The van der Waals surface area contributed by atoms with Crippen LogP contribution in [0.25, 0.3) is 0 Å². The Labute approximate surface area is 95.1 Å². The predicted octanol–water partition coefficient (Wildman–Crippen LogP) is 0.246. The van der Waals surface area contributed by atoms with E-state index in [9.17, 15) is 9.59 Å². The first-order chi connectivity index (χ1) is 7.51. The molecule has 0 aromatic carbocycles. The minimum Gasteiger partial charge on any atom is -0.343 e. The Morgan fingerprint density at radius 1 is 1.50 bits per heavy atom. The van der Waals surface area contributed by atoms with Crippen molar-refractivity contribution < 1.29 is 9.59 Å². The molecule has 1 saturated heterocycles. The molecule has 6 nitrogen and oxygen atoms in total. The molecule has 0 saturated carbocycles. The number of carbonyl (C=O) groups is 2. The number of likely N-dealkylation sites (N-methyl/N-ethyl adjacent to an activating group) is 1. The van der Waals surface area contributed by atoms with Gasteiger partial charge in [0.2, 0.25) is 5.91 Å². The molecule has 0 bridgehead atoms. The summed E-state index contributed by atoms with van der Waals surface area (Å²) >= 11 is 0. The summed E-state index contributed by atoms with van der Waals surface area (Å²) in [6.07, 6.45) is 0.176. The van der Waals surface area contributed by atoms with E-state index in [2.05, 4.69) is 5.32 Å². The molecule has 1 aliphatic heterocycles. The highest BCUT2D eigenvalue weighted by atomic mass is 16.2. The molecule has 0 radical (unpaired) electrons. The number of nitrogens with zero attached hydrogens (tertiary/aromatic N) is 2. The minimum atomic E-state index is -0.444. The molecule has 0 aromatic rings. The first-order valence-corrected chi connectivity index (χ1v) is 5.41. The zero-order valence-electron chi connectivity index (χ0n) is 9.91. The van der Waals surface area contributed by atoms with E-state index in [0.717, 1.165) is 0 Å². The highest BCUT2D eigenvalue weighted by Crippen LogP contribution is 2.11. The molecule has 1 atom stereocenters. The molecule has 1 unspecified atom stereocenters. The lowest BCUT2D eigenvalue weighted by Gasteiger charge is -2.22. The average Bonchev–Trinajstić information content (AvgIpc) is 2.47. The van der Waals surface area contributed by atoms with Crippen molar-refractivity contribution in [1.29, 1.82) is 5.41 Å². The van der Waals surface area contributed by atoms with E-state index in [-0.39, 0.29) is 24.2 Å². The standard InChI is InChI=1S/C10H18N4O2/c1-4-14(5-2)8(15)6-7-9(11)12-10(16)13(7)3/h7H,4-6H2,1-3H3,(H2,11,12,16). The summed E-state index contributed by atoms with van der Waals surface area (Å²) in [4.78, 5) is 26.1. The second kappa shape index (κ2) is 4.96. The van der Waals surface area contributed by atoms with Crippen molar-refractivity contribution in [3.05, 3.63) is 0 Å². The third-order valence-electron chi connectivity index (χ3n) is 2.85. The van der Waals surface area contributed by atoms with Gasteiger partial charge in [-0.05, 0) is 13.8 Å². The maximum atomic E-state index is 11.8. The highest BCUT2D eigenvalue weighted by molar-refractivity contribution is 6.06. The van der Waals surface area contributed by atoms with Gasteiger partial charge in [-0.25, -0.2) is 4.79 Å². The Kier molecular flexibility index (Phi) is 3.87. The molecule has 0 aromatic heterocycles. The Morgan fingerprint density at radius 3 is 2.44 bits per heavy atom. The van der Waals surface area contributed by atoms with E-state index < -0.39 is 6.04 Å². The third-order valence-corrected chi connectivity index (χ3v) is 2.85. The molecule has 6 heteroatoms. The minimum absolute atomic E-state index is 0.0249. The Balaban J connectivity index is 2.63. The Morgan fingerprint density at radius 2 is 2.06 bits per heavy atom. The van der Waals surface area contributed by atoms with E-state index in [1.165, 1.54) is 4.90 Å². The summed E-state index contributed by atoms with van der Waals surface area (Å²) in [6, 6.07) is -0.761. The van der Waals surface area contributed by atoms with Gasteiger partial charge in [0.1, 0.15) is 5.84 Å². The lowest BCUT2D eigenvalue weighted by Crippen LogP contribution is -2.39. The van der Waals surface area contributed by atoms with E-state index in [4.69, 9.17) is 5.41 Å². The van der Waals surface area contributed by atoms with Crippen molar-refractivity contribution in [3.8, 4) is 0 Å². The molecule has 1 aliphatic rings. The summed E-state index contributed by atoms with van der Waals surface area (Å²) in [7, 11) is 1.59. The number of nitrogens with one attached hydrogen (secondary N) is 2. The fourth-order valence-corrected chi connectivity index (χ4v) is 1.73. The number of amides is 3. The summed E-state index contributed by atoms with van der Waals surface area (Å²) in [5.74, 6) is 0.0797. The molecular formula is C10H18N4O2. The smallest absolute Gasteiger partial charge is 0.323 e. The fourth-order valence-electron chi connectivity index (χ4n) is 1.73. The van der Waals surface area contributed by atoms with E-state index in [0.29, 0.717) is 13.1 Å². The van der Waals surface area contributed by atoms with Crippen LogP contribution in [0.15, 0.2) is 0 Å². The van der Waals surface area contributed by atoms with E-state index >= 15 is 0 Å². The molecule has 1 heterocycles. The molecule has 16 heavy (non-hydrogen) atoms. The zero-order valence-corrected chi connectivity index (χ0v) is 9.91. The topological polar surface area (TPSA) is 76.5 Å². The van der Waals surface area contributed by atoms with Crippen molar-refractivity contribution in [2.24, 2.45) is 0 Å². The van der Waals surface area contributed by atoms with Gasteiger partial charge < -0.3 is 9.80 Å². The number of amidine groups is 1. The van der Waals surface area contributed by atoms with Crippen LogP contribution in [0.4, 0.5) is 4.79 Å². The SMILES string of the molecule is CCN(CC)C(=O)CC1C(=N)NC(=O)N1C. The summed E-state index contributed by atoms with van der Waals surface area (Å²) in [5, 5.41) is 9.97. The average molecular weight is 226 g/mol. The Bertz CT molecular complexity index is 312. The number of rotatable bonds is 4. The monoisotopic (exact) mass is 226 g/mol. The third kappa shape index (κ3) is 2.32. The number of hydrogen-bond donors (Lipinski definition) is 2. The largest absolute Gasteiger partial charge is 0.343 e. The van der Waals surface area contributed by atoms with Crippen molar-refractivity contribution in [1.82, 2.24) is 15.1 Å². The normalized spacial score (nSPS) is 19.9. The molecule has 90 valence electrons. The second-order valence-corrected chi connectivity index (χ2v) is 3.74. The Hall–Kier alpha value is -1.59. The molecule has 1 rings (SSSR count). The van der Waals surface area contributed by atoms with Crippen LogP contribution in [-0.2, 0) is 4.79 Å². The first kappa shape index (κ1) is 12.5. The number of hydrogen-bond acceptors (Lipinski definition) is 3. The second-order valence-electron chi connectivity index (χ2n) is 3.74. The van der Waals surface area contributed by atoms with Gasteiger partial charge in [-0.3, -0.25) is 15.5 Å². The van der Waals surface area contributed by atoms with Gasteiger partial charge in [0.05, 0.1) is 12.5 Å². The van der Waals surface area contributed by atoms with Gasteiger partial charge in [-0.1, -0.05) is 0 Å². The van der Waals surface area contributed by atoms with Crippen molar-refractivity contribution in [2.45, 2.75) is 26.3 Å². The van der Waals surface area contributed by atoms with Gasteiger partial charge in [0.15, 0.2) is 0 Å². The van der Waals surface area contributed by atoms with E-state index in [1.54, 1.807) is 11.9 Å². The fraction of sp³-hybridized carbons (Fsp3) is 0.700. The zero-order chi connectivity index (χ0) is 12.3. The van der Waals surface area contributed by atoms with Crippen LogP contribution in [0.1, 0.15) is 20.3 Å². The number of carbonyl (C=O) groups excluding carboxylic acids is 2. The van der Waals surface area contributed by atoms with E-state index in [1.807, 2.05) is 13.8 Å². The summed E-state index contributed by atoms with van der Waals surface area (Å²) < 4.78 is 0. The van der Waals surface area contributed by atoms with Gasteiger partial charge in [0, 0.05) is 20.1 Å². The van der Waals surface area contributed by atoms with Crippen LogP contribution in [0.3, 0.4) is 0 Å². The van der Waals surface area contributed by atoms with Crippen LogP contribution in [-0.4, -0.2) is 53.8 Å². The van der Waals surface area contributed by atoms with Gasteiger partial charge >= 0.3 is 6.03 Å². The van der Waals surface area contributed by atoms with Crippen molar-refractivity contribution in [3.63, 3.8) is 0 Å². The molecular weight excluding hydrogens is 208 g/mol. The van der Waals surface area contributed by atoms with Crippen LogP contribution in [0, 0.1) is 5.41 Å². The van der Waals surface area contributed by atoms with Gasteiger partial charge in [0.25, 0.3) is 0 Å². The van der Waals surface area contributed by atoms with Crippen molar-refractivity contribution in [2.75, 3.05) is 20.1 Å². The lowest BCUT2D eigenvalue weighted by molar-refractivity contribution is -0.131. The molecule has 0 aliphatic carbocycles. The maximum absolute atomic E-state index is 11.8. The first-order valence-electron chi connectivity index (χ1n) is 5.41. The van der Waals surface area contributed by atoms with Gasteiger partial charge in [-0.15, -0.1) is 0 Å². The molecule has 1 fully saturated rings. The molecule has 0 spiro atoms. The van der Waals surface area contributed by atoms with Crippen LogP contribution in [0.2, 0.25) is 0 Å². The quantitative estimate of drug-likeness (QED) is 0.720. The van der Waals surface area contributed by atoms with Gasteiger partial charge in [-0.2, -0.15) is 0 Å². The van der Waals surface area contributed by atoms with Crippen LogP contribution < -0.4 is 5.32 Å². The molecule has 2 N–H and O–H groups in total. The van der Waals surface area contributed by atoms with Crippen LogP contribution >= 0.6 is 0 Å². The summed E-state index contributed by atoms with van der Waals surface area (Å²) in [6.45, 7) is 5.13. The lowest BCUT2D eigenvalue weighted by atomic mass is 10.1. The maximum Gasteiger partial charge on any atom is 0.323 e. The van der Waals surface area contributed by atoms with Crippen LogP contribution in [0.5, 0.6) is 0 Å². The highest BCUT2D eigenvalue weighted by Gasteiger charge is 2.34.